The predicted molar refractivity (Wildman–Crippen MR) is 77.1 cm³/mol. The summed E-state index contributed by atoms with van der Waals surface area (Å²) in [4.78, 5) is 17.0. The van der Waals surface area contributed by atoms with E-state index in [1.807, 2.05) is 29.1 Å². The van der Waals surface area contributed by atoms with Crippen molar-refractivity contribution in [2.24, 2.45) is 0 Å². The molecule has 0 bridgehead atoms. The third kappa shape index (κ3) is 4.02. The zero-order valence-corrected chi connectivity index (χ0v) is 12.8. The van der Waals surface area contributed by atoms with Crippen molar-refractivity contribution in [3.8, 4) is 0 Å². The molecule has 2 heterocycles. The van der Waals surface area contributed by atoms with E-state index in [1.54, 1.807) is 0 Å². The van der Waals surface area contributed by atoms with E-state index in [-0.39, 0.29) is 24.9 Å². The maximum atomic E-state index is 11.7. The van der Waals surface area contributed by atoms with Crippen LogP contribution in [-0.2, 0) is 14.8 Å². The Morgan fingerprint density at radius 2 is 2.30 bits per heavy atom. The van der Waals surface area contributed by atoms with Crippen LogP contribution in [0.5, 0.6) is 0 Å². The number of hydrogen-bond donors (Lipinski definition) is 2. The van der Waals surface area contributed by atoms with E-state index in [9.17, 15) is 13.2 Å². The van der Waals surface area contributed by atoms with Gasteiger partial charge < -0.3 is 5.32 Å². The molecule has 2 rings (SSSR count). The number of aromatic nitrogens is 2. The van der Waals surface area contributed by atoms with Crippen LogP contribution in [-0.4, -0.2) is 36.5 Å². The third-order valence-electron chi connectivity index (χ3n) is 2.65. The van der Waals surface area contributed by atoms with E-state index in [4.69, 9.17) is 0 Å². The van der Waals surface area contributed by atoms with Gasteiger partial charge in [0, 0.05) is 30.7 Å². The number of rotatable bonds is 6. The number of carbonyl (C=O) groups is 1. The van der Waals surface area contributed by atoms with Gasteiger partial charge in [-0.25, -0.2) is 18.1 Å². The summed E-state index contributed by atoms with van der Waals surface area (Å²) in [6, 6.07) is -0.215. The Morgan fingerprint density at radius 3 is 2.95 bits per heavy atom. The molecule has 7 nitrogen and oxygen atoms in total. The van der Waals surface area contributed by atoms with E-state index in [1.165, 1.54) is 11.3 Å². The van der Waals surface area contributed by atoms with Gasteiger partial charge in [-0.15, -0.1) is 11.3 Å². The van der Waals surface area contributed by atoms with Crippen LogP contribution in [0.25, 0.3) is 4.96 Å². The number of hydrogen-bond acceptors (Lipinski definition) is 5. The van der Waals surface area contributed by atoms with Crippen molar-refractivity contribution >= 4 is 32.2 Å². The number of imidazole rings is 1. The molecular formula is C11H16N4O3S2. The summed E-state index contributed by atoms with van der Waals surface area (Å²) < 4.78 is 25.9. The van der Waals surface area contributed by atoms with Crippen LogP contribution in [0, 0.1) is 0 Å². The minimum absolute atomic E-state index is 0.0929. The first-order valence-corrected chi connectivity index (χ1v) is 8.78. The van der Waals surface area contributed by atoms with Crippen LogP contribution in [0.1, 0.15) is 25.1 Å². The molecule has 0 unspecified atom stereocenters. The number of nitrogens with one attached hydrogen (secondary N) is 2. The van der Waals surface area contributed by atoms with Crippen LogP contribution >= 0.6 is 11.3 Å². The molecule has 0 aliphatic carbocycles. The largest absolute Gasteiger partial charge is 0.348 e. The predicted octanol–water partition coefficient (Wildman–Crippen LogP) is 0.512. The fourth-order valence-electron chi connectivity index (χ4n) is 1.69. The molecule has 0 radical (unpaired) electrons. The highest BCUT2D eigenvalue weighted by Crippen LogP contribution is 2.16. The van der Waals surface area contributed by atoms with E-state index < -0.39 is 10.0 Å². The highest BCUT2D eigenvalue weighted by atomic mass is 32.2. The molecule has 0 aliphatic heterocycles. The molecule has 0 aliphatic rings. The zero-order chi connectivity index (χ0) is 14.8. The second-order valence-corrected chi connectivity index (χ2v) is 7.17. The summed E-state index contributed by atoms with van der Waals surface area (Å²) >= 11 is 1.52. The standard InChI is InChI=1S/C11H16N4O3S2/c1-8(9-7-15-5-6-19-11(15)14-9)13-10(16)3-4-12-20(2,17)18/h5-8,12H,3-4H2,1-2H3,(H,13,16)/t8-/m1/s1. The average molecular weight is 316 g/mol. The van der Waals surface area contributed by atoms with Gasteiger partial charge in [0.2, 0.25) is 15.9 Å². The quantitative estimate of drug-likeness (QED) is 0.812. The van der Waals surface area contributed by atoms with Crippen molar-refractivity contribution in [1.82, 2.24) is 19.4 Å². The molecule has 0 fully saturated rings. The van der Waals surface area contributed by atoms with Crippen LogP contribution in [0.15, 0.2) is 17.8 Å². The van der Waals surface area contributed by atoms with E-state index >= 15 is 0 Å². The molecule has 2 aromatic rings. The number of nitrogens with zero attached hydrogens (tertiary/aromatic N) is 2. The number of thiazole rings is 1. The minimum atomic E-state index is -3.25. The lowest BCUT2D eigenvalue weighted by atomic mass is 10.2. The van der Waals surface area contributed by atoms with Gasteiger partial charge in [-0.3, -0.25) is 9.20 Å². The van der Waals surface area contributed by atoms with Crippen molar-refractivity contribution in [3.63, 3.8) is 0 Å². The van der Waals surface area contributed by atoms with Crippen LogP contribution in [0.3, 0.4) is 0 Å². The molecule has 0 spiro atoms. The Balaban J connectivity index is 1.86. The molecule has 1 atom stereocenters. The Bertz CT molecular complexity index is 676. The second kappa shape index (κ2) is 5.90. The Morgan fingerprint density at radius 1 is 1.55 bits per heavy atom. The Kier molecular flexibility index (Phi) is 4.41. The van der Waals surface area contributed by atoms with Crippen LogP contribution in [0.4, 0.5) is 0 Å². The smallest absolute Gasteiger partial charge is 0.221 e. The second-order valence-electron chi connectivity index (χ2n) is 4.46. The monoisotopic (exact) mass is 316 g/mol. The summed E-state index contributed by atoms with van der Waals surface area (Å²) in [5.74, 6) is -0.218. The van der Waals surface area contributed by atoms with Gasteiger partial charge >= 0.3 is 0 Å². The minimum Gasteiger partial charge on any atom is -0.348 e. The molecule has 0 aromatic carbocycles. The van der Waals surface area contributed by atoms with E-state index in [0.29, 0.717) is 0 Å². The number of carbonyl (C=O) groups excluding carboxylic acids is 1. The van der Waals surface area contributed by atoms with Crippen LogP contribution < -0.4 is 10.0 Å². The fourth-order valence-corrected chi connectivity index (χ4v) is 2.87. The van der Waals surface area contributed by atoms with Gasteiger partial charge in [0.15, 0.2) is 4.96 Å². The highest BCUT2D eigenvalue weighted by molar-refractivity contribution is 7.88. The topological polar surface area (TPSA) is 92.6 Å². The maximum Gasteiger partial charge on any atom is 0.221 e. The highest BCUT2D eigenvalue weighted by Gasteiger charge is 2.13. The zero-order valence-electron chi connectivity index (χ0n) is 11.2. The molecule has 9 heteroatoms. The molecule has 110 valence electrons. The molecule has 0 saturated heterocycles. The van der Waals surface area contributed by atoms with Crippen molar-refractivity contribution in [2.45, 2.75) is 19.4 Å². The Hall–Kier alpha value is -1.45. The first-order chi connectivity index (χ1) is 9.35. The van der Waals surface area contributed by atoms with Gasteiger partial charge in [-0.2, -0.15) is 0 Å². The van der Waals surface area contributed by atoms with Crippen molar-refractivity contribution in [2.75, 3.05) is 12.8 Å². The SMILES string of the molecule is C[C@@H](NC(=O)CCNS(C)(=O)=O)c1cn2ccsc2n1. The van der Waals surface area contributed by atoms with Crippen molar-refractivity contribution < 1.29 is 13.2 Å². The first-order valence-electron chi connectivity index (χ1n) is 6.01. The van der Waals surface area contributed by atoms with E-state index in [2.05, 4.69) is 15.0 Å². The van der Waals surface area contributed by atoms with Gasteiger partial charge in [0.25, 0.3) is 0 Å². The number of fused-ring (bicyclic) bond motifs is 1. The first kappa shape index (κ1) is 14.9. The maximum absolute atomic E-state index is 11.7. The molecule has 2 N–H and O–H groups in total. The van der Waals surface area contributed by atoms with E-state index in [0.717, 1.165) is 16.9 Å². The summed E-state index contributed by atoms with van der Waals surface area (Å²) in [6.45, 7) is 1.93. The molecule has 20 heavy (non-hydrogen) atoms. The molecule has 2 aromatic heterocycles. The summed E-state index contributed by atoms with van der Waals surface area (Å²) in [7, 11) is -3.25. The van der Waals surface area contributed by atoms with Gasteiger partial charge in [0.1, 0.15) is 0 Å². The lowest BCUT2D eigenvalue weighted by Crippen LogP contribution is -2.31. The summed E-state index contributed by atoms with van der Waals surface area (Å²) in [6.07, 6.45) is 4.93. The van der Waals surface area contributed by atoms with Gasteiger partial charge in [-0.1, -0.05) is 0 Å². The van der Waals surface area contributed by atoms with Crippen LogP contribution in [0.2, 0.25) is 0 Å². The summed E-state index contributed by atoms with van der Waals surface area (Å²) in [5.41, 5.74) is 0.779. The number of sulfonamides is 1. The van der Waals surface area contributed by atoms with Crippen molar-refractivity contribution in [3.05, 3.63) is 23.5 Å². The third-order valence-corrected chi connectivity index (χ3v) is 4.15. The summed E-state index contributed by atoms with van der Waals surface area (Å²) in [5, 5.41) is 4.72. The van der Waals surface area contributed by atoms with Crippen molar-refractivity contribution in [1.29, 1.82) is 0 Å². The number of amides is 1. The Labute approximate surface area is 121 Å². The molecule has 1 amide bonds. The lowest BCUT2D eigenvalue weighted by molar-refractivity contribution is -0.121. The normalized spacial score (nSPS) is 13.5. The lowest BCUT2D eigenvalue weighted by Gasteiger charge is -2.11. The fraction of sp³-hybridized carbons (Fsp3) is 0.455. The van der Waals surface area contributed by atoms with Gasteiger partial charge in [-0.05, 0) is 6.92 Å². The molecular weight excluding hydrogens is 300 g/mol. The van der Waals surface area contributed by atoms with Gasteiger partial charge in [0.05, 0.1) is 18.0 Å². The average Bonchev–Trinajstić information content (AvgIpc) is 2.86. The molecule has 0 saturated carbocycles.